The Morgan fingerprint density at radius 1 is 0.966 bits per heavy atom. The summed E-state index contributed by atoms with van der Waals surface area (Å²) in [4.78, 5) is 51.4. The first-order chi connectivity index (χ1) is 13.4. The largest absolute Gasteiger partial charge is 0.462 e. The van der Waals surface area contributed by atoms with E-state index in [9.17, 15) is 19.2 Å². The van der Waals surface area contributed by atoms with E-state index in [1.807, 2.05) is 0 Å². The van der Waals surface area contributed by atoms with Crippen LogP contribution >= 0.6 is 0 Å². The molecule has 0 bridgehead atoms. The summed E-state index contributed by atoms with van der Waals surface area (Å²) in [7, 11) is 0. The number of carbonyl (C=O) groups excluding carboxylic acids is 4. The molecular weight excluding hydrogens is 376 g/mol. The van der Waals surface area contributed by atoms with Gasteiger partial charge < -0.3 is 20.5 Å². The molecule has 29 heavy (non-hydrogen) atoms. The molecule has 8 nitrogen and oxygen atoms in total. The Morgan fingerprint density at radius 2 is 1.48 bits per heavy atom. The fourth-order valence-corrected chi connectivity index (χ4v) is 2.55. The molecule has 0 radical (unpaired) electrons. The van der Waals surface area contributed by atoms with Crippen molar-refractivity contribution in [1.82, 2.24) is 5.32 Å². The van der Waals surface area contributed by atoms with Crippen LogP contribution in [0.2, 0.25) is 0 Å². The number of Topliss-reactive ketones (excluding diaryl/α,β-unsaturated/α-hetero) is 1. The second-order valence-corrected chi connectivity index (χ2v) is 7.26. The molecule has 0 unspecified atom stereocenters. The highest BCUT2D eigenvalue weighted by Gasteiger charge is 2.36. The number of rotatable bonds is 7. The molecule has 0 fully saturated rings. The molecule has 0 aliphatic carbocycles. The van der Waals surface area contributed by atoms with Gasteiger partial charge in [-0.05, 0) is 53.2 Å². The summed E-state index contributed by atoms with van der Waals surface area (Å²) in [6.45, 7) is 9.68. The van der Waals surface area contributed by atoms with Gasteiger partial charge in [-0.2, -0.15) is 0 Å². The van der Waals surface area contributed by atoms with Crippen LogP contribution in [-0.4, -0.2) is 42.4 Å². The lowest BCUT2D eigenvalue weighted by atomic mass is 9.93. The lowest BCUT2D eigenvalue weighted by Crippen LogP contribution is -2.44. The molecule has 0 atom stereocenters. The van der Waals surface area contributed by atoms with Crippen LogP contribution in [-0.2, 0) is 23.9 Å². The summed E-state index contributed by atoms with van der Waals surface area (Å²) >= 11 is 0. The molecular formula is C21H28N2O6. The quantitative estimate of drug-likeness (QED) is 0.178. The van der Waals surface area contributed by atoms with Gasteiger partial charge in [-0.15, -0.1) is 0 Å². The maximum absolute atomic E-state index is 13.3. The Bertz CT molecular complexity index is 829. The van der Waals surface area contributed by atoms with Gasteiger partial charge in [-0.1, -0.05) is 12.1 Å². The summed E-state index contributed by atoms with van der Waals surface area (Å²) in [6.07, 6.45) is 0. The number of nitrogens with one attached hydrogen (secondary N) is 1. The predicted molar refractivity (Wildman–Crippen MR) is 108 cm³/mol. The lowest BCUT2D eigenvalue weighted by molar-refractivity contribution is -0.143. The highest BCUT2D eigenvalue weighted by atomic mass is 16.5. The Labute approximate surface area is 170 Å². The monoisotopic (exact) mass is 404 g/mol. The highest BCUT2D eigenvalue weighted by molar-refractivity contribution is 6.34. The molecule has 0 saturated carbocycles. The summed E-state index contributed by atoms with van der Waals surface area (Å²) in [6, 6.07) is 4.77. The van der Waals surface area contributed by atoms with Crippen molar-refractivity contribution in [3.05, 3.63) is 40.5 Å². The van der Waals surface area contributed by atoms with Crippen LogP contribution in [0, 0.1) is 6.92 Å². The number of benzene rings is 1. The van der Waals surface area contributed by atoms with Crippen molar-refractivity contribution >= 4 is 29.3 Å². The number of ether oxygens (including phenoxy) is 2. The van der Waals surface area contributed by atoms with Crippen LogP contribution in [0.25, 0.3) is 0 Å². The maximum Gasteiger partial charge on any atom is 0.344 e. The predicted octanol–water partition coefficient (Wildman–Crippen LogP) is 2.10. The minimum Gasteiger partial charge on any atom is -0.462 e. The van der Waals surface area contributed by atoms with E-state index in [1.54, 1.807) is 53.7 Å². The number of nitrogens with two attached hydrogens (primary N) is 1. The molecule has 158 valence electrons. The molecule has 0 spiro atoms. The molecule has 0 aliphatic rings. The van der Waals surface area contributed by atoms with Gasteiger partial charge in [0.25, 0.3) is 5.91 Å². The number of ketones is 1. The highest BCUT2D eigenvalue weighted by Crippen LogP contribution is 2.24. The number of aryl methyl sites for hydroxylation is 1. The molecule has 3 N–H and O–H groups in total. The van der Waals surface area contributed by atoms with Crippen molar-refractivity contribution in [2.45, 2.75) is 47.1 Å². The summed E-state index contributed by atoms with van der Waals surface area (Å²) in [5.74, 6) is -4.00. The number of esters is 2. The molecule has 1 amide bonds. The summed E-state index contributed by atoms with van der Waals surface area (Å²) in [5.41, 5.74) is 4.37. The van der Waals surface area contributed by atoms with Gasteiger partial charge in [-0.25, -0.2) is 9.59 Å². The normalized spacial score (nSPS) is 11.9. The van der Waals surface area contributed by atoms with Crippen LogP contribution in [0.5, 0.6) is 0 Å². The third kappa shape index (κ3) is 6.17. The third-order valence-electron chi connectivity index (χ3n) is 3.68. The van der Waals surface area contributed by atoms with Gasteiger partial charge in [0.15, 0.2) is 0 Å². The first-order valence-corrected chi connectivity index (χ1v) is 9.25. The summed E-state index contributed by atoms with van der Waals surface area (Å²) < 4.78 is 9.92. The van der Waals surface area contributed by atoms with Gasteiger partial charge in [0.1, 0.15) is 11.1 Å². The fraction of sp³-hybridized carbons (Fsp3) is 0.429. The summed E-state index contributed by atoms with van der Waals surface area (Å²) in [5, 5.41) is 2.58. The van der Waals surface area contributed by atoms with E-state index < -0.39 is 40.3 Å². The van der Waals surface area contributed by atoms with Crippen LogP contribution < -0.4 is 11.1 Å². The van der Waals surface area contributed by atoms with E-state index >= 15 is 0 Å². The van der Waals surface area contributed by atoms with E-state index in [2.05, 4.69) is 5.32 Å². The van der Waals surface area contributed by atoms with Crippen LogP contribution in [0.15, 0.2) is 29.3 Å². The number of carbonyl (C=O) groups is 4. The van der Waals surface area contributed by atoms with Crippen molar-refractivity contribution in [2.24, 2.45) is 0 Å². The standard InChI is InChI=1S/C21H28N2O6/c1-7-28-19(26)15(17(24)14-12(3)10-9-11-13(14)22)16(20(27)29-8-2)18(25)23-21(4,5)6/h9-11H,7-8,22H2,1-6H3,(H,23,25)/b16-15+. The minimum absolute atomic E-state index is 0.0147. The van der Waals surface area contributed by atoms with Crippen LogP contribution in [0.3, 0.4) is 0 Å². The van der Waals surface area contributed by atoms with Crippen LogP contribution in [0.4, 0.5) is 5.69 Å². The number of hydrogen-bond donors (Lipinski definition) is 2. The fourth-order valence-electron chi connectivity index (χ4n) is 2.55. The molecule has 0 aromatic heterocycles. The zero-order valence-electron chi connectivity index (χ0n) is 17.7. The van der Waals surface area contributed by atoms with Crippen molar-refractivity contribution in [3.8, 4) is 0 Å². The lowest BCUT2D eigenvalue weighted by Gasteiger charge is -2.22. The maximum atomic E-state index is 13.3. The molecule has 1 aromatic rings. The van der Waals surface area contributed by atoms with Crippen molar-refractivity contribution in [1.29, 1.82) is 0 Å². The first kappa shape index (κ1) is 23.9. The van der Waals surface area contributed by atoms with Crippen LogP contribution in [0.1, 0.15) is 50.5 Å². The number of anilines is 1. The molecule has 1 rings (SSSR count). The zero-order valence-corrected chi connectivity index (χ0v) is 17.7. The number of amides is 1. The molecule has 0 saturated heterocycles. The molecule has 0 heterocycles. The van der Waals surface area contributed by atoms with E-state index in [0.29, 0.717) is 5.56 Å². The molecule has 0 aliphatic heterocycles. The van der Waals surface area contributed by atoms with Gasteiger partial charge in [0, 0.05) is 16.8 Å². The van der Waals surface area contributed by atoms with Crippen molar-refractivity contribution in [3.63, 3.8) is 0 Å². The third-order valence-corrected chi connectivity index (χ3v) is 3.68. The first-order valence-electron chi connectivity index (χ1n) is 9.25. The molecule has 8 heteroatoms. The average Bonchev–Trinajstić information content (AvgIpc) is 2.57. The average molecular weight is 404 g/mol. The van der Waals surface area contributed by atoms with E-state index in [-0.39, 0.29) is 24.5 Å². The smallest absolute Gasteiger partial charge is 0.344 e. The van der Waals surface area contributed by atoms with Gasteiger partial charge in [0.05, 0.1) is 13.2 Å². The minimum atomic E-state index is -1.10. The number of hydrogen-bond acceptors (Lipinski definition) is 7. The van der Waals surface area contributed by atoms with E-state index in [1.165, 1.54) is 6.07 Å². The van der Waals surface area contributed by atoms with Crippen molar-refractivity contribution in [2.75, 3.05) is 18.9 Å². The Morgan fingerprint density at radius 3 is 1.93 bits per heavy atom. The second-order valence-electron chi connectivity index (χ2n) is 7.26. The van der Waals surface area contributed by atoms with Gasteiger partial charge >= 0.3 is 11.9 Å². The Balaban J connectivity index is 3.80. The van der Waals surface area contributed by atoms with E-state index in [0.717, 1.165) is 0 Å². The molecule has 1 aromatic carbocycles. The Kier molecular flexibility index (Phi) is 8.12. The SMILES string of the molecule is CCOC(=O)/C(C(=O)NC(C)(C)C)=C(/C(=O)OCC)C(=O)c1c(C)cccc1N. The van der Waals surface area contributed by atoms with E-state index in [4.69, 9.17) is 15.2 Å². The topological polar surface area (TPSA) is 125 Å². The number of nitrogen functional groups attached to an aromatic ring is 1. The van der Waals surface area contributed by atoms with Crippen molar-refractivity contribution < 1.29 is 28.7 Å². The zero-order chi connectivity index (χ0) is 22.4. The van der Waals surface area contributed by atoms with Gasteiger partial charge in [0.2, 0.25) is 5.78 Å². The second kappa shape index (κ2) is 9.86. The Hall–Kier alpha value is -3.16. The van der Waals surface area contributed by atoms with Gasteiger partial charge in [-0.3, -0.25) is 9.59 Å².